The Morgan fingerprint density at radius 1 is 1.14 bits per heavy atom. The van der Waals surface area contributed by atoms with Gasteiger partial charge in [-0.05, 0) is 29.2 Å². The van der Waals surface area contributed by atoms with Crippen molar-refractivity contribution in [3.63, 3.8) is 0 Å². The first kappa shape index (κ1) is 16.0. The molecule has 0 bridgehead atoms. The summed E-state index contributed by atoms with van der Waals surface area (Å²) in [6.07, 6.45) is 2.01. The molecule has 0 spiro atoms. The van der Waals surface area contributed by atoms with Crippen molar-refractivity contribution in [2.45, 2.75) is 26.2 Å². The van der Waals surface area contributed by atoms with E-state index < -0.39 is 11.9 Å². The number of aliphatic carboxylic acids is 1. The van der Waals surface area contributed by atoms with Crippen molar-refractivity contribution in [3.8, 4) is 0 Å². The van der Waals surface area contributed by atoms with E-state index in [1.807, 2.05) is 12.1 Å². The second-order valence-electron chi connectivity index (χ2n) is 5.58. The summed E-state index contributed by atoms with van der Waals surface area (Å²) in [4.78, 5) is 22.3. The van der Waals surface area contributed by atoms with E-state index in [1.165, 1.54) is 16.3 Å². The number of amides is 1. The molecule has 0 saturated heterocycles. The molecule has 2 aromatic rings. The summed E-state index contributed by atoms with van der Waals surface area (Å²) in [6, 6.07) is 14.5. The molecule has 0 aliphatic carbocycles. The molecule has 1 unspecified atom stereocenters. The van der Waals surface area contributed by atoms with E-state index in [4.69, 9.17) is 5.11 Å². The zero-order valence-corrected chi connectivity index (χ0v) is 12.7. The predicted octanol–water partition coefficient (Wildman–Crippen LogP) is 3.00. The first-order chi connectivity index (χ1) is 10.6. The molecule has 116 valence electrons. The second kappa shape index (κ2) is 7.59. The zero-order chi connectivity index (χ0) is 15.9. The minimum Gasteiger partial charge on any atom is -0.481 e. The van der Waals surface area contributed by atoms with E-state index in [2.05, 4.69) is 35.6 Å². The highest BCUT2D eigenvalue weighted by Crippen LogP contribution is 2.16. The van der Waals surface area contributed by atoms with Crippen LogP contribution in [0.1, 0.15) is 25.3 Å². The van der Waals surface area contributed by atoms with Crippen molar-refractivity contribution in [2.75, 3.05) is 6.54 Å². The minimum atomic E-state index is -0.892. The van der Waals surface area contributed by atoms with Crippen molar-refractivity contribution in [1.29, 1.82) is 0 Å². The topological polar surface area (TPSA) is 66.4 Å². The van der Waals surface area contributed by atoms with Crippen LogP contribution in [0.3, 0.4) is 0 Å². The molecular weight excluding hydrogens is 278 g/mol. The Morgan fingerprint density at radius 3 is 2.59 bits per heavy atom. The zero-order valence-electron chi connectivity index (χ0n) is 12.7. The summed E-state index contributed by atoms with van der Waals surface area (Å²) in [5, 5.41) is 13.8. The van der Waals surface area contributed by atoms with Crippen LogP contribution in [-0.4, -0.2) is 23.5 Å². The largest absolute Gasteiger partial charge is 0.481 e. The number of carboxylic acid groups (broad SMARTS) is 1. The highest BCUT2D eigenvalue weighted by molar-refractivity contribution is 5.83. The van der Waals surface area contributed by atoms with Crippen LogP contribution >= 0.6 is 0 Å². The van der Waals surface area contributed by atoms with Crippen LogP contribution in [0.4, 0.5) is 0 Å². The first-order valence-electron chi connectivity index (χ1n) is 7.53. The van der Waals surface area contributed by atoms with Crippen molar-refractivity contribution < 1.29 is 14.7 Å². The lowest BCUT2D eigenvalue weighted by Gasteiger charge is -2.08. The number of carboxylic acids is 1. The van der Waals surface area contributed by atoms with E-state index in [0.29, 0.717) is 6.42 Å². The van der Waals surface area contributed by atoms with Gasteiger partial charge in [0.25, 0.3) is 0 Å². The molecule has 4 heteroatoms. The third-order valence-corrected chi connectivity index (χ3v) is 3.71. The molecule has 2 rings (SSSR count). The first-order valence-corrected chi connectivity index (χ1v) is 7.53. The standard InChI is InChI=1S/C18H21NO3/c1-13(18(21)22)12-19-17(20)8-4-5-14-9-10-15-6-2-3-7-16(15)11-14/h2-3,6-7,9-11,13H,4-5,8,12H2,1H3,(H,19,20)(H,21,22). The highest BCUT2D eigenvalue weighted by atomic mass is 16.4. The molecule has 2 aromatic carbocycles. The quantitative estimate of drug-likeness (QED) is 0.826. The number of aryl methyl sites for hydroxylation is 1. The Balaban J connectivity index is 1.77. The Bertz CT molecular complexity index is 666. The summed E-state index contributed by atoms with van der Waals surface area (Å²) in [5.41, 5.74) is 1.21. The van der Waals surface area contributed by atoms with Crippen LogP contribution in [0.2, 0.25) is 0 Å². The van der Waals surface area contributed by atoms with E-state index in [1.54, 1.807) is 6.92 Å². The summed E-state index contributed by atoms with van der Waals surface area (Å²) in [7, 11) is 0. The fraction of sp³-hybridized carbons (Fsp3) is 0.333. The predicted molar refractivity (Wildman–Crippen MR) is 86.7 cm³/mol. The maximum atomic E-state index is 11.7. The summed E-state index contributed by atoms with van der Waals surface area (Å²) in [5.74, 6) is -1.53. The molecule has 0 heterocycles. The fourth-order valence-electron chi connectivity index (χ4n) is 2.29. The minimum absolute atomic E-state index is 0.0890. The number of hydrogen-bond acceptors (Lipinski definition) is 2. The lowest BCUT2D eigenvalue weighted by Crippen LogP contribution is -2.31. The molecule has 0 saturated carbocycles. The van der Waals surface area contributed by atoms with Gasteiger partial charge < -0.3 is 10.4 Å². The lowest BCUT2D eigenvalue weighted by molar-refractivity contribution is -0.141. The molecular formula is C18H21NO3. The van der Waals surface area contributed by atoms with Gasteiger partial charge in [0.1, 0.15) is 0 Å². The van der Waals surface area contributed by atoms with E-state index in [0.717, 1.165) is 12.8 Å². The van der Waals surface area contributed by atoms with E-state index >= 15 is 0 Å². The molecule has 0 aliphatic heterocycles. The average Bonchev–Trinajstić information content (AvgIpc) is 2.52. The average molecular weight is 299 g/mol. The van der Waals surface area contributed by atoms with Crippen molar-refractivity contribution in [1.82, 2.24) is 5.32 Å². The number of hydrogen-bond donors (Lipinski definition) is 2. The van der Waals surface area contributed by atoms with Gasteiger partial charge in [-0.3, -0.25) is 9.59 Å². The van der Waals surface area contributed by atoms with Gasteiger partial charge in [-0.1, -0.05) is 49.4 Å². The lowest BCUT2D eigenvalue weighted by atomic mass is 10.0. The van der Waals surface area contributed by atoms with Gasteiger partial charge >= 0.3 is 5.97 Å². The van der Waals surface area contributed by atoms with Crippen molar-refractivity contribution >= 4 is 22.6 Å². The van der Waals surface area contributed by atoms with Crippen LogP contribution < -0.4 is 5.32 Å². The van der Waals surface area contributed by atoms with Crippen molar-refractivity contribution in [2.24, 2.45) is 5.92 Å². The highest BCUT2D eigenvalue weighted by Gasteiger charge is 2.11. The molecule has 4 nitrogen and oxygen atoms in total. The molecule has 0 aliphatic rings. The molecule has 22 heavy (non-hydrogen) atoms. The maximum absolute atomic E-state index is 11.7. The van der Waals surface area contributed by atoms with Crippen LogP contribution in [0, 0.1) is 5.92 Å². The van der Waals surface area contributed by atoms with Gasteiger partial charge in [0.05, 0.1) is 5.92 Å². The number of nitrogens with one attached hydrogen (secondary N) is 1. The fourth-order valence-corrected chi connectivity index (χ4v) is 2.29. The Kier molecular flexibility index (Phi) is 5.53. The third kappa shape index (κ3) is 4.58. The van der Waals surface area contributed by atoms with Gasteiger partial charge in [0.2, 0.25) is 5.91 Å². The van der Waals surface area contributed by atoms with Gasteiger partial charge in [-0.25, -0.2) is 0 Å². The normalized spacial score (nSPS) is 12.0. The van der Waals surface area contributed by atoms with Crippen molar-refractivity contribution in [3.05, 3.63) is 48.0 Å². The van der Waals surface area contributed by atoms with Crippen LogP contribution in [-0.2, 0) is 16.0 Å². The number of benzene rings is 2. The SMILES string of the molecule is CC(CNC(=O)CCCc1ccc2ccccc2c1)C(=O)O. The van der Waals surface area contributed by atoms with Gasteiger partial charge in [-0.15, -0.1) is 0 Å². The van der Waals surface area contributed by atoms with E-state index in [-0.39, 0.29) is 12.5 Å². The smallest absolute Gasteiger partial charge is 0.308 e. The third-order valence-electron chi connectivity index (χ3n) is 3.71. The summed E-state index contributed by atoms with van der Waals surface area (Å²) in [6.45, 7) is 1.77. The van der Waals surface area contributed by atoms with Crippen LogP contribution in [0.5, 0.6) is 0 Å². The molecule has 0 aromatic heterocycles. The maximum Gasteiger partial charge on any atom is 0.308 e. The van der Waals surface area contributed by atoms with Crippen LogP contribution in [0.15, 0.2) is 42.5 Å². The van der Waals surface area contributed by atoms with Gasteiger partial charge in [0.15, 0.2) is 0 Å². The number of carbonyl (C=O) groups is 2. The Morgan fingerprint density at radius 2 is 1.86 bits per heavy atom. The van der Waals surface area contributed by atoms with Crippen LogP contribution in [0.25, 0.3) is 10.8 Å². The Hall–Kier alpha value is -2.36. The molecule has 2 N–H and O–H groups in total. The molecule has 0 fully saturated rings. The van der Waals surface area contributed by atoms with E-state index in [9.17, 15) is 9.59 Å². The van der Waals surface area contributed by atoms with Gasteiger partial charge in [0, 0.05) is 13.0 Å². The summed E-state index contributed by atoms with van der Waals surface area (Å²) >= 11 is 0. The molecule has 1 atom stereocenters. The second-order valence-corrected chi connectivity index (χ2v) is 5.58. The Labute approximate surface area is 130 Å². The number of carbonyl (C=O) groups excluding carboxylic acids is 1. The molecule has 0 radical (unpaired) electrons. The molecule has 1 amide bonds. The monoisotopic (exact) mass is 299 g/mol. The van der Waals surface area contributed by atoms with Gasteiger partial charge in [-0.2, -0.15) is 0 Å². The summed E-state index contributed by atoms with van der Waals surface area (Å²) < 4.78 is 0. The number of fused-ring (bicyclic) bond motifs is 1. The number of rotatable bonds is 7.